The minimum absolute atomic E-state index is 0.0245. The Kier molecular flexibility index (Phi) is 4.04. The molecule has 0 saturated heterocycles. The lowest BCUT2D eigenvalue weighted by Crippen LogP contribution is -2.16. The number of benzene rings is 1. The molecule has 0 fully saturated rings. The van der Waals surface area contributed by atoms with Gasteiger partial charge in [-0.25, -0.2) is 0 Å². The molecule has 0 heterocycles. The Morgan fingerprint density at radius 3 is 2.60 bits per heavy atom. The van der Waals surface area contributed by atoms with Crippen molar-refractivity contribution in [3.63, 3.8) is 0 Å². The Balaban J connectivity index is 2.91. The van der Waals surface area contributed by atoms with Crippen LogP contribution < -0.4 is 5.73 Å². The Morgan fingerprint density at radius 2 is 2.07 bits per heavy atom. The highest BCUT2D eigenvalue weighted by atomic mass is 16.1. The summed E-state index contributed by atoms with van der Waals surface area (Å²) in [5, 5.41) is 0. The van der Waals surface area contributed by atoms with Gasteiger partial charge in [-0.2, -0.15) is 0 Å². The number of Topliss-reactive ketones (excluding diaryl/α,β-unsaturated/α-hetero) is 1. The van der Waals surface area contributed by atoms with Crippen LogP contribution in [0.25, 0.3) is 0 Å². The van der Waals surface area contributed by atoms with Crippen LogP contribution in [0.3, 0.4) is 0 Å². The maximum absolute atomic E-state index is 12.0. The van der Waals surface area contributed by atoms with Crippen LogP contribution in [0.4, 0.5) is 0 Å². The van der Waals surface area contributed by atoms with E-state index in [-0.39, 0.29) is 11.7 Å². The van der Waals surface area contributed by atoms with E-state index in [1.807, 2.05) is 39.0 Å². The third-order valence-electron chi connectivity index (χ3n) is 2.69. The zero-order chi connectivity index (χ0) is 11.4. The van der Waals surface area contributed by atoms with Crippen molar-refractivity contribution >= 4 is 5.78 Å². The van der Waals surface area contributed by atoms with Gasteiger partial charge in [-0.15, -0.1) is 0 Å². The van der Waals surface area contributed by atoms with E-state index in [1.54, 1.807) is 0 Å². The summed E-state index contributed by atoms with van der Waals surface area (Å²) in [6.45, 7) is 6.52. The molecule has 2 N–H and O–H groups in total. The van der Waals surface area contributed by atoms with Crippen molar-refractivity contribution in [2.24, 2.45) is 11.7 Å². The van der Waals surface area contributed by atoms with Crippen molar-refractivity contribution in [1.82, 2.24) is 0 Å². The summed E-state index contributed by atoms with van der Waals surface area (Å²) < 4.78 is 0. The molecule has 1 unspecified atom stereocenters. The van der Waals surface area contributed by atoms with E-state index in [2.05, 4.69) is 0 Å². The van der Waals surface area contributed by atoms with E-state index < -0.39 is 0 Å². The lowest BCUT2D eigenvalue weighted by atomic mass is 9.93. The first-order chi connectivity index (χ1) is 7.06. The summed E-state index contributed by atoms with van der Waals surface area (Å²) in [6.07, 6.45) is 0.756. The summed E-state index contributed by atoms with van der Waals surface area (Å²) >= 11 is 0. The highest BCUT2D eigenvalue weighted by Gasteiger charge is 2.15. The van der Waals surface area contributed by atoms with Crippen LogP contribution in [0.2, 0.25) is 0 Å². The van der Waals surface area contributed by atoms with Crippen LogP contribution in [-0.2, 0) is 0 Å². The Hall–Kier alpha value is -1.15. The maximum Gasteiger partial charge on any atom is 0.165 e. The Bertz CT molecular complexity index is 358. The van der Waals surface area contributed by atoms with Gasteiger partial charge in [0.15, 0.2) is 5.78 Å². The third kappa shape index (κ3) is 2.90. The smallest absolute Gasteiger partial charge is 0.165 e. The van der Waals surface area contributed by atoms with E-state index in [1.165, 1.54) is 5.56 Å². The number of nitrogens with two attached hydrogens (primary N) is 1. The number of rotatable bonds is 4. The molecule has 1 aromatic rings. The van der Waals surface area contributed by atoms with Gasteiger partial charge in [0.1, 0.15) is 0 Å². The normalized spacial score (nSPS) is 12.5. The van der Waals surface area contributed by atoms with Crippen molar-refractivity contribution in [1.29, 1.82) is 0 Å². The Morgan fingerprint density at radius 1 is 1.40 bits per heavy atom. The van der Waals surface area contributed by atoms with E-state index in [4.69, 9.17) is 5.73 Å². The highest BCUT2D eigenvalue weighted by Crippen LogP contribution is 2.16. The molecule has 82 valence electrons. The van der Waals surface area contributed by atoms with E-state index in [0.717, 1.165) is 17.5 Å². The fourth-order valence-corrected chi connectivity index (χ4v) is 1.74. The van der Waals surface area contributed by atoms with Gasteiger partial charge >= 0.3 is 0 Å². The average molecular weight is 205 g/mol. The number of carbonyl (C=O) groups excluding carboxylic acids is 1. The SMILES string of the molecule is Cc1ccc(C(=O)C(C)CCN)c(C)c1. The van der Waals surface area contributed by atoms with Gasteiger partial charge in [0.2, 0.25) is 0 Å². The highest BCUT2D eigenvalue weighted by molar-refractivity contribution is 5.98. The summed E-state index contributed by atoms with van der Waals surface area (Å²) in [5.41, 5.74) is 8.54. The fraction of sp³-hybridized carbons (Fsp3) is 0.462. The average Bonchev–Trinajstić information content (AvgIpc) is 2.17. The van der Waals surface area contributed by atoms with Gasteiger partial charge < -0.3 is 5.73 Å². The lowest BCUT2D eigenvalue weighted by Gasteiger charge is -2.11. The number of hydrogen-bond acceptors (Lipinski definition) is 2. The molecule has 1 aromatic carbocycles. The molecule has 2 nitrogen and oxygen atoms in total. The summed E-state index contributed by atoms with van der Waals surface area (Å²) in [6, 6.07) is 5.94. The molecule has 0 bridgehead atoms. The molecule has 0 aromatic heterocycles. The van der Waals surface area contributed by atoms with Crippen molar-refractivity contribution in [2.45, 2.75) is 27.2 Å². The van der Waals surface area contributed by atoms with E-state index in [0.29, 0.717) is 6.54 Å². The zero-order valence-electron chi connectivity index (χ0n) is 9.71. The van der Waals surface area contributed by atoms with Gasteiger partial charge in [0.05, 0.1) is 0 Å². The molecular formula is C13H19NO. The number of hydrogen-bond donors (Lipinski definition) is 1. The van der Waals surface area contributed by atoms with Crippen LogP contribution >= 0.6 is 0 Å². The molecule has 0 aliphatic carbocycles. The largest absolute Gasteiger partial charge is 0.330 e. The monoisotopic (exact) mass is 205 g/mol. The van der Waals surface area contributed by atoms with Crippen LogP contribution in [0.1, 0.15) is 34.8 Å². The number of carbonyl (C=O) groups is 1. The quantitative estimate of drug-likeness (QED) is 0.767. The minimum atomic E-state index is 0.0245. The van der Waals surface area contributed by atoms with Crippen molar-refractivity contribution < 1.29 is 4.79 Å². The first kappa shape index (κ1) is 11.9. The van der Waals surface area contributed by atoms with Crippen molar-refractivity contribution in [3.8, 4) is 0 Å². The first-order valence-electron chi connectivity index (χ1n) is 5.37. The number of ketones is 1. The molecule has 1 rings (SSSR count). The van der Waals surface area contributed by atoms with Crippen molar-refractivity contribution in [3.05, 3.63) is 34.9 Å². The zero-order valence-corrected chi connectivity index (χ0v) is 9.71. The molecule has 0 saturated carbocycles. The van der Waals surface area contributed by atoms with Crippen molar-refractivity contribution in [2.75, 3.05) is 6.54 Å². The van der Waals surface area contributed by atoms with Gasteiger partial charge in [0, 0.05) is 11.5 Å². The topological polar surface area (TPSA) is 43.1 Å². The minimum Gasteiger partial charge on any atom is -0.330 e. The van der Waals surface area contributed by atoms with Crippen LogP contribution in [0.15, 0.2) is 18.2 Å². The predicted octanol–water partition coefficient (Wildman–Crippen LogP) is 2.47. The fourth-order valence-electron chi connectivity index (χ4n) is 1.74. The Labute approximate surface area is 91.5 Å². The molecule has 1 atom stereocenters. The molecule has 15 heavy (non-hydrogen) atoms. The second kappa shape index (κ2) is 5.08. The molecular weight excluding hydrogens is 186 g/mol. The van der Waals surface area contributed by atoms with E-state index >= 15 is 0 Å². The lowest BCUT2D eigenvalue weighted by molar-refractivity contribution is 0.0925. The number of aryl methyl sites for hydroxylation is 2. The van der Waals surface area contributed by atoms with Crippen LogP contribution in [0, 0.1) is 19.8 Å². The maximum atomic E-state index is 12.0. The van der Waals surface area contributed by atoms with Crippen LogP contribution in [-0.4, -0.2) is 12.3 Å². The van der Waals surface area contributed by atoms with Gasteiger partial charge in [-0.3, -0.25) is 4.79 Å². The molecule has 0 spiro atoms. The third-order valence-corrected chi connectivity index (χ3v) is 2.69. The summed E-state index contributed by atoms with van der Waals surface area (Å²) in [7, 11) is 0. The second-order valence-corrected chi connectivity index (χ2v) is 4.16. The van der Waals surface area contributed by atoms with Gasteiger partial charge in [-0.1, -0.05) is 30.7 Å². The summed E-state index contributed by atoms with van der Waals surface area (Å²) in [5.74, 6) is 0.231. The molecule has 0 aliphatic heterocycles. The summed E-state index contributed by atoms with van der Waals surface area (Å²) in [4.78, 5) is 12.0. The molecule has 2 heteroatoms. The van der Waals surface area contributed by atoms with Crippen LogP contribution in [0.5, 0.6) is 0 Å². The predicted molar refractivity (Wildman–Crippen MR) is 63.1 cm³/mol. The van der Waals surface area contributed by atoms with Gasteiger partial charge in [0.25, 0.3) is 0 Å². The standard InChI is InChI=1S/C13H19NO/c1-9-4-5-12(11(3)8-9)13(15)10(2)6-7-14/h4-5,8,10H,6-7,14H2,1-3H3. The molecule has 0 amide bonds. The first-order valence-corrected chi connectivity index (χ1v) is 5.37. The molecule has 0 aliphatic rings. The van der Waals surface area contributed by atoms with E-state index in [9.17, 15) is 4.79 Å². The molecule has 0 radical (unpaired) electrons. The second-order valence-electron chi connectivity index (χ2n) is 4.16. The van der Waals surface area contributed by atoms with Gasteiger partial charge in [-0.05, 0) is 32.4 Å².